The summed E-state index contributed by atoms with van der Waals surface area (Å²) >= 11 is 1.48. The fourth-order valence-corrected chi connectivity index (χ4v) is 3.06. The van der Waals surface area contributed by atoms with Crippen LogP contribution in [-0.2, 0) is 0 Å². The number of hydrogen-bond acceptors (Lipinski definition) is 3. The number of thioether (sulfide) groups is 1. The van der Waals surface area contributed by atoms with E-state index in [9.17, 15) is 10.5 Å². The maximum atomic E-state index is 9.69. The van der Waals surface area contributed by atoms with Crippen molar-refractivity contribution in [3.63, 3.8) is 0 Å². The van der Waals surface area contributed by atoms with Crippen LogP contribution in [0.1, 0.15) is 12.5 Å². The largest absolute Gasteiger partial charge is 0.196 e. The van der Waals surface area contributed by atoms with Crippen LogP contribution in [0.15, 0.2) is 60.0 Å². The van der Waals surface area contributed by atoms with Crippen molar-refractivity contribution in [2.45, 2.75) is 6.92 Å². The van der Waals surface area contributed by atoms with Crippen LogP contribution in [0.3, 0.4) is 0 Å². The average Bonchev–Trinajstić information content (AvgIpc) is 2.56. The number of rotatable bonds is 4. The molecule has 0 unspecified atom stereocenters. The lowest BCUT2D eigenvalue weighted by atomic mass is 9.74. The van der Waals surface area contributed by atoms with Gasteiger partial charge in [0.15, 0.2) is 5.41 Å². The zero-order valence-electron chi connectivity index (χ0n) is 12.6. The van der Waals surface area contributed by atoms with E-state index in [0.717, 1.165) is 16.3 Å². The van der Waals surface area contributed by atoms with E-state index in [-0.39, 0.29) is 0 Å². The van der Waals surface area contributed by atoms with Gasteiger partial charge in [-0.15, -0.1) is 11.8 Å². The van der Waals surface area contributed by atoms with Crippen molar-refractivity contribution >= 4 is 28.1 Å². The standard InChI is InChI=1S/C19H16N2S/c1-14(11-22-3)19(12-20,13-21)15(2)17-10-6-8-16-7-4-5-9-18(16)17/h4-11H,2H2,1,3H3. The Bertz CT molecular complexity index is 815. The molecular weight excluding hydrogens is 288 g/mol. The third-order valence-corrected chi connectivity index (χ3v) is 4.38. The molecule has 22 heavy (non-hydrogen) atoms. The molecule has 0 aliphatic carbocycles. The number of fused-ring (bicyclic) bond motifs is 1. The quantitative estimate of drug-likeness (QED) is 0.784. The average molecular weight is 304 g/mol. The lowest BCUT2D eigenvalue weighted by Gasteiger charge is -2.23. The highest BCUT2D eigenvalue weighted by Crippen LogP contribution is 2.42. The van der Waals surface area contributed by atoms with Gasteiger partial charge in [0.1, 0.15) is 0 Å². The number of nitriles is 2. The molecule has 0 aliphatic rings. The molecule has 2 nitrogen and oxygen atoms in total. The van der Waals surface area contributed by atoms with Gasteiger partial charge in [-0.3, -0.25) is 0 Å². The summed E-state index contributed by atoms with van der Waals surface area (Å²) in [7, 11) is 0. The SMILES string of the molecule is C=C(c1cccc2ccccc12)C(C#N)(C#N)C(C)=CSC. The summed E-state index contributed by atoms with van der Waals surface area (Å²) in [5.74, 6) is 0. The van der Waals surface area contributed by atoms with E-state index in [1.165, 1.54) is 11.8 Å². The third-order valence-electron chi connectivity index (χ3n) is 3.79. The van der Waals surface area contributed by atoms with Crippen LogP contribution in [-0.4, -0.2) is 6.26 Å². The fraction of sp³-hybridized carbons (Fsp3) is 0.158. The van der Waals surface area contributed by atoms with Crippen molar-refractivity contribution in [3.8, 4) is 12.1 Å². The minimum absolute atomic E-state index is 0.525. The van der Waals surface area contributed by atoms with Gasteiger partial charge < -0.3 is 0 Å². The molecule has 0 atom stereocenters. The number of benzene rings is 2. The Hall–Kier alpha value is -2.49. The maximum Gasteiger partial charge on any atom is 0.190 e. The predicted octanol–water partition coefficient (Wildman–Crippen LogP) is 5.15. The zero-order chi connectivity index (χ0) is 16.2. The molecule has 0 aliphatic heterocycles. The molecule has 108 valence electrons. The second kappa shape index (κ2) is 6.52. The summed E-state index contributed by atoms with van der Waals surface area (Å²) < 4.78 is 0. The molecule has 0 bridgehead atoms. The molecule has 0 spiro atoms. The van der Waals surface area contributed by atoms with E-state index >= 15 is 0 Å². The van der Waals surface area contributed by atoms with Crippen molar-refractivity contribution in [2.24, 2.45) is 5.41 Å². The second-order valence-corrected chi connectivity index (χ2v) is 5.72. The van der Waals surface area contributed by atoms with Gasteiger partial charge in [0.2, 0.25) is 0 Å². The van der Waals surface area contributed by atoms with E-state index in [2.05, 4.69) is 18.7 Å². The Morgan fingerprint density at radius 1 is 1.14 bits per heavy atom. The van der Waals surface area contributed by atoms with Crippen molar-refractivity contribution in [3.05, 3.63) is 65.6 Å². The Labute approximate surface area is 135 Å². The minimum atomic E-state index is -1.34. The van der Waals surface area contributed by atoms with Gasteiger partial charge in [0.25, 0.3) is 0 Å². The van der Waals surface area contributed by atoms with E-state index in [0.29, 0.717) is 11.1 Å². The molecule has 0 aromatic heterocycles. The van der Waals surface area contributed by atoms with Crippen molar-refractivity contribution in [2.75, 3.05) is 6.26 Å². The van der Waals surface area contributed by atoms with Gasteiger partial charge in [-0.2, -0.15) is 10.5 Å². The van der Waals surface area contributed by atoms with Gasteiger partial charge in [0.05, 0.1) is 12.1 Å². The third kappa shape index (κ3) is 2.52. The lowest BCUT2D eigenvalue weighted by molar-refractivity contribution is 0.818. The highest BCUT2D eigenvalue weighted by atomic mass is 32.2. The smallest absolute Gasteiger partial charge is 0.190 e. The monoisotopic (exact) mass is 304 g/mol. The molecule has 3 heteroatoms. The fourth-order valence-electron chi connectivity index (χ4n) is 2.53. The van der Waals surface area contributed by atoms with E-state index in [1.807, 2.05) is 54.1 Å². The summed E-state index contributed by atoms with van der Waals surface area (Å²) in [6.07, 6.45) is 1.91. The molecule has 2 aromatic carbocycles. The van der Waals surface area contributed by atoms with Gasteiger partial charge in [0, 0.05) is 0 Å². The molecule has 0 fully saturated rings. The van der Waals surface area contributed by atoms with Crippen LogP contribution in [0.5, 0.6) is 0 Å². The number of nitrogens with zero attached hydrogens (tertiary/aromatic N) is 2. The molecule has 0 saturated heterocycles. The van der Waals surface area contributed by atoms with Crippen LogP contribution >= 0.6 is 11.8 Å². The molecule has 2 aromatic rings. The van der Waals surface area contributed by atoms with Crippen LogP contribution in [0.4, 0.5) is 0 Å². The first-order valence-corrected chi connectivity index (χ1v) is 8.09. The van der Waals surface area contributed by atoms with Crippen LogP contribution in [0.2, 0.25) is 0 Å². The molecule has 0 N–H and O–H groups in total. The molecule has 0 radical (unpaired) electrons. The summed E-state index contributed by atoms with van der Waals surface area (Å²) in [6, 6.07) is 18.1. The van der Waals surface area contributed by atoms with Crippen molar-refractivity contribution in [1.29, 1.82) is 10.5 Å². The summed E-state index contributed by atoms with van der Waals surface area (Å²) in [4.78, 5) is 0. The van der Waals surface area contributed by atoms with Gasteiger partial charge in [-0.1, -0.05) is 49.0 Å². The molecule has 0 heterocycles. The van der Waals surface area contributed by atoms with Crippen LogP contribution in [0, 0.1) is 28.1 Å². The summed E-state index contributed by atoms with van der Waals surface area (Å²) in [5.41, 5.74) is 0.725. The first-order chi connectivity index (χ1) is 10.6. The highest BCUT2D eigenvalue weighted by molar-refractivity contribution is 8.01. The first kappa shape index (κ1) is 15.9. The Kier molecular flexibility index (Phi) is 4.71. The topological polar surface area (TPSA) is 47.6 Å². The van der Waals surface area contributed by atoms with Crippen LogP contribution < -0.4 is 0 Å². The summed E-state index contributed by atoms with van der Waals surface area (Å²) in [5, 5.41) is 23.3. The Morgan fingerprint density at radius 3 is 2.41 bits per heavy atom. The van der Waals surface area contributed by atoms with Gasteiger partial charge in [-0.05, 0) is 46.1 Å². The van der Waals surface area contributed by atoms with Crippen molar-refractivity contribution in [1.82, 2.24) is 0 Å². The minimum Gasteiger partial charge on any atom is -0.196 e. The number of hydrogen-bond donors (Lipinski definition) is 0. The maximum absolute atomic E-state index is 9.69. The van der Waals surface area contributed by atoms with E-state index < -0.39 is 5.41 Å². The summed E-state index contributed by atoms with van der Waals surface area (Å²) in [6.45, 7) is 5.90. The van der Waals surface area contributed by atoms with Crippen LogP contribution in [0.25, 0.3) is 16.3 Å². The van der Waals surface area contributed by atoms with Gasteiger partial charge in [-0.25, -0.2) is 0 Å². The zero-order valence-corrected chi connectivity index (χ0v) is 13.4. The van der Waals surface area contributed by atoms with E-state index in [4.69, 9.17) is 0 Å². The second-order valence-electron chi connectivity index (χ2n) is 5.02. The van der Waals surface area contributed by atoms with E-state index in [1.54, 1.807) is 6.92 Å². The van der Waals surface area contributed by atoms with Gasteiger partial charge >= 0.3 is 0 Å². The number of allylic oxidation sites excluding steroid dienone is 2. The molecule has 0 saturated carbocycles. The van der Waals surface area contributed by atoms with Crippen molar-refractivity contribution < 1.29 is 0 Å². The highest BCUT2D eigenvalue weighted by Gasteiger charge is 2.37. The molecule has 0 amide bonds. The Morgan fingerprint density at radius 2 is 1.77 bits per heavy atom. The molecular formula is C19H16N2S. The molecule has 2 rings (SSSR count). The lowest BCUT2D eigenvalue weighted by Crippen LogP contribution is -2.19. The predicted molar refractivity (Wildman–Crippen MR) is 93.9 cm³/mol. The first-order valence-electron chi connectivity index (χ1n) is 6.80. The normalized spacial score (nSPS) is 11.7. The Balaban J connectivity index is 2.69.